The molecular formula is C17H24N4O2. The number of aromatic nitrogens is 1. The molecule has 0 aromatic carbocycles. The van der Waals surface area contributed by atoms with E-state index in [4.69, 9.17) is 0 Å². The third-order valence-electron chi connectivity index (χ3n) is 4.93. The molecule has 1 atom stereocenters. The van der Waals surface area contributed by atoms with Crippen LogP contribution in [0, 0.1) is 5.41 Å². The van der Waals surface area contributed by atoms with Crippen molar-refractivity contribution in [2.24, 2.45) is 5.41 Å². The van der Waals surface area contributed by atoms with Gasteiger partial charge in [-0.1, -0.05) is 6.07 Å². The summed E-state index contributed by atoms with van der Waals surface area (Å²) < 4.78 is 0. The van der Waals surface area contributed by atoms with Crippen molar-refractivity contribution in [2.75, 3.05) is 33.7 Å². The Balaban J connectivity index is 1.71. The second-order valence-corrected chi connectivity index (χ2v) is 6.82. The predicted octanol–water partition coefficient (Wildman–Crippen LogP) is 1.58. The van der Waals surface area contributed by atoms with E-state index in [-0.39, 0.29) is 17.4 Å². The molecule has 124 valence electrons. The van der Waals surface area contributed by atoms with Crippen LogP contribution in [0.2, 0.25) is 0 Å². The number of urea groups is 1. The van der Waals surface area contributed by atoms with Crippen LogP contribution in [0.15, 0.2) is 24.5 Å². The number of hydrogen-bond acceptors (Lipinski definition) is 3. The zero-order chi connectivity index (χ0) is 16.4. The first-order chi connectivity index (χ1) is 11.0. The van der Waals surface area contributed by atoms with Gasteiger partial charge < -0.3 is 14.7 Å². The topological polar surface area (TPSA) is 56.8 Å². The summed E-state index contributed by atoms with van der Waals surface area (Å²) in [4.78, 5) is 34.7. The summed E-state index contributed by atoms with van der Waals surface area (Å²) in [6.45, 7) is 2.66. The maximum absolute atomic E-state index is 13.0. The van der Waals surface area contributed by atoms with Gasteiger partial charge in [-0.2, -0.15) is 0 Å². The van der Waals surface area contributed by atoms with Gasteiger partial charge in [-0.15, -0.1) is 0 Å². The minimum atomic E-state index is -0.383. The molecule has 2 fully saturated rings. The van der Waals surface area contributed by atoms with E-state index in [1.807, 2.05) is 21.9 Å². The van der Waals surface area contributed by atoms with Crippen LogP contribution < -0.4 is 0 Å². The number of nitrogens with zero attached hydrogens (tertiary/aromatic N) is 4. The molecule has 6 heteroatoms. The first-order valence-corrected chi connectivity index (χ1v) is 8.16. The molecule has 3 heterocycles. The number of hydrogen-bond donors (Lipinski definition) is 0. The lowest BCUT2D eigenvalue weighted by molar-refractivity contribution is -0.138. The van der Waals surface area contributed by atoms with E-state index in [0.29, 0.717) is 13.1 Å². The Morgan fingerprint density at radius 3 is 2.87 bits per heavy atom. The van der Waals surface area contributed by atoms with E-state index >= 15 is 0 Å². The quantitative estimate of drug-likeness (QED) is 0.832. The molecule has 0 bridgehead atoms. The molecule has 1 spiro atoms. The van der Waals surface area contributed by atoms with Crippen LogP contribution in [-0.4, -0.2) is 65.4 Å². The van der Waals surface area contributed by atoms with Gasteiger partial charge in [-0.25, -0.2) is 4.79 Å². The minimum absolute atomic E-state index is 0.00239. The zero-order valence-electron chi connectivity index (χ0n) is 13.9. The van der Waals surface area contributed by atoms with E-state index in [1.165, 1.54) is 0 Å². The summed E-state index contributed by atoms with van der Waals surface area (Å²) in [7, 11) is 3.52. The van der Waals surface area contributed by atoms with Crippen LogP contribution in [0.1, 0.15) is 24.8 Å². The third kappa shape index (κ3) is 3.02. The monoisotopic (exact) mass is 316 g/mol. The van der Waals surface area contributed by atoms with Crippen LogP contribution in [0.25, 0.3) is 0 Å². The van der Waals surface area contributed by atoms with Gasteiger partial charge in [0.25, 0.3) is 0 Å². The Morgan fingerprint density at radius 2 is 2.17 bits per heavy atom. The molecule has 0 aliphatic carbocycles. The highest BCUT2D eigenvalue weighted by molar-refractivity contribution is 5.86. The number of pyridine rings is 1. The zero-order valence-corrected chi connectivity index (χ0v) is 13.9. The summed E-state index contributed by atoms with van der Waals surface area (Å²) in [5.41, 5.74) is 0.668. The summed E-state index contributed by atoms with van der Waals surface area (Å²) >= 11 is 0. The lowest BCUT2D eigenvalue weighted by atomic mass is 9.78. The SMILES string of the molecule is CN(C)C(=O)N1CCC[C@@]2(CCN(Cc3cccnc3)C2=O)C1. The lowest BCUT2D eigenvalue weighted by Crippen LogP contribution is -2.52. The molecule has 3 rings (SSSR count). The molecule has 2 aliphatic rings. The Kier molecular flexibility index (Phi) is 4.24. The highest BCUT2D eigenvalue weighted by Crippen LogP contribution is 2.40. The predicted molar refractivity (Wildman–Crippen MR) is 86.6 cm³/mol. The van der Waals surface area contributed by atoms with Gasteiger partial charge in [0.15, 0.2) is 0 Å². The fourth-order valence-corrected chi connectivity index (χ4v) is 3.71. The van der Waals surface area contributed by atoms with Crippen LogP contribution in [0.3, 0.4) is 0 Å². The second kappa shape index (κ2) is 6.18. The van der Waals surface area contributed by atoms with Crippen molar-refractivity contribution < 1.29 is 9.59 Å². The molecule has 0 unspecified atom stereocenters. The van der Waals surface area contributed by atoms with Crippen molar-refractivity contribution in [3.63, 3.8) is 0 Å². The highest BCUT2D eigenvalue weighted by Gasteiger charge is 2.49. The minimum Gasteiger partial charge on any atom is -0.338 e. The standard InChI is InChI=1S/C17H24N4O2/c1-19(2)16(23)21-9-4-6-17(13-21)7-10-20(15(17)22)12-14-5-3-8-18-11-14/h3,5,8,11H,4,6-7,9-10,12-13H2,1-2H3/t17-/m1/s1. The van der Waals surface area contributed by atoms with Gasteiger partial charge in [0.05, 0.1) is 5.41 Å². The van der Waals surface area contributed by atoms with Crippen molar-refractivity contribution in [3.05, 3.63) is 30.1 Å². The van der Waals surface area contributed by atoms with Crippen molar-refractivity contribution in [1.29, 1.82) is 0 Å². The Hall–Kier alpha value is -2.11. The number of carbonyl (C=O) groups is 2. The molecule has 6 nitrogen and oxygen atoms in total. The van der Waals surface area contributed by atoms with Gasteiger partial charge >= 0.3 is 6.03 Å². The Labute approximate surface area is 137 Å². The first-order valence-electron chi connectivity index (χ1n) is 8.16. The average Bonchev–Trinajstić information content (AvgIpc) is 2.84. The number of likely N-dealkylation sites (tertiary alicyclic amines) is 2. The van der Waals surface area contributed by atoms with Crippen LogP contribution in [-0.2, 0) is 11.3 Å². The van der Waals surface area contributed by atoms with Crippen molar-refractivity contribution in [3.8, 4) is 0 Å². The van der Waals surface area contributed by atoms with Gasteiger partial charge in [0.2, 0.25) is 5.91 Å². The van der Waals surface area contributed by atoms with Crippen molar-refractivity contribution >= 4 is 11.9 Å². The number of carbonyl (C=O) groups excluding carboxylic acids is 2. The highest BCUT2D eigenvalue weighted by atomic mass is 16.2. The summed E-state index contributed by atoms with van der Waals surface area (Å²) in [5, 5.41) is 0. The molecule has 2 saturated heterocycles. The fraction of sp³-hybridized carbons (Fsp3) is 0.588. The maximum atomic E-state index is 13.0. The molecule has 1 aromatic rings. The Morgan fingerprint density at radius 1 is 1.35 bits per heavy atom. The second-order valence-electron chi connectivity index (χ2n) is 6.82. The van der Waals surface area contributed by atoms with E-state index in [1.54, 1.807) is 31.4 Å². The van der Waals surface area contributed by atoms with Gasteiger partial charge in [-0.3, -0.25) is 9.78 Å². The molecule has 0 saturated carbocycles. The van der Waals surface area contributed by atoms with Crippen LogP contribution >= 0.6 is 0 Å². The molecule has 0 radical (unpaired) electrons. The average molecular weight is 316 g/mol. The molecule has 1 aromatic heterocycles. The largest absolute Gasteiger partial charge is 0.338 e. The third-order valence-corrected chi connectivity index (χ3v) is 4.93. The van der Waals surface area contributed by atoms with Gasteiger partial charge in [0, 0.05) is 52.7 Å². The summed E-state index contributed by atoms with van der Waals surface area (Å²) in [6.07, 6.45) is 6.16. The molecular weight excluding hydrogens is 292 g/mol. The van der Waals surface area contributed by atoms with E-state index in [9.17, 15) is 9.59 Å². The van der Waals surface area contributed by atoms with Crippen molar-refractivity contribution in [1.82, 2.24) is 19.7 Å². The summed E-state index contributed by atoms with van der Waals surface area (Å²) in [6, 6.07) is 3.89. The molecule has 3 amide bonds. The molecule has 0 N–H and O–H groups in total. The fourth-order valence-electron chi connectivity index (χ4n) is 3.71. The normalized spacial score (nSPS) is 24.3. The van der Waals surface area contributed by atoms with Crippen molar-refractivity contribution in [2.45, 2.75) is 25.8 Å². The number of rotatable bonds is 2. The van der Waals surface area contributed by atoms with Gasteiger partial charge in [-0.05, 0) is 30.9 Å². The first kappa shape index (κ1) is 15.8. The maximum Gasteiger partial charge on any atom is 0.319 e. The smallest absolute Gasteiger partial charge is 0.319 e. The van der Waals surface area contributed by atoms with Gasteiger partial charge in [0.1, 0.15) is 0 Å². The molecule has 2 aliphatic heterocycles. The van der Waals surface area contributed by atoms with Crippen LogP contribution in [0.4, 0.5) is 4.79 Å². The summed E-state index contributed by atoms with van der Waals surface area (Å²) in [5.74, 6) is 0.192. The molecule has 23 heavy (non-hydrogen) atoms. The Bertz CT molecular complexity index is 590. The van der Waals surface area contributed by atoms with E-state index < -0.39 is 0 Å². The van der Waals surface area contributed by atoms with Crippen LogP contribution in [0.5, 0.6) is 0 Å². The lowest BCUT2D eigenvalue weighted by Gasteiger charge is -2.39. The van der Waals surface area contributed by atoms with E-state index in [0.717, 1.165) is 37.9 Å². The van der Waals surface area contributed by atoms with E-state index in [2.05, 4.69) is 4.98 Å². The number of amides is 3. The number of piperidine rings is 1.